The lowest BCUT2D eigenvalue weighted by molar-refractivity contribution is 0.348. The third-order valence-corrected chi connectivity index (χ3v) is 2.95. The molecule has 0 saturated heterocycles. The molecule has 0 amide bonds. The number of halogens is 2. The third kappa shape index (κ3) is 4.99. The Bertz CT molecular complexity index is 380. The van der Waals surface area contributed by atoms with Crippen molar-refractivity contribution in [3.63, 3.8) is 0 Å². The minimum Gasteiger partial charge on any atom is -0.488 e. The highest BCUT2D eigenvalue weighted by Gasteiger charge is 2.05. The van der Waals surface area contributed by atoms with Gasteiger partial charge in [0.05, 0.1) is 5.02 Å². The lowest BCUT2D eigenvalue weighted by atomic mass is 10.3. The van der Waals surface area contributed by atoms with Crippen LogP contribution in [0.4, 0.5) is 0 Å². The van der Waals surface area contributed by atoms with E-state index in [1.165, 1.54) is 0 Å². The van der Waals surface area contributed by atoms with Gasteiger partial charge in [0.15, 0.2) is 0 Å². The van der Waals surface area contributed by atoms with Crippen molar-refractivity contribution < 1.29 is 4.74 Å². The smallest absolute Gasteiger partial charge is 0.139 e. The Morgan fingerprint density at radius 1 is 1.41 bits per heavy atom. The lowest BCUT2D eigenvalue weighted by Crippen LogP contribution is -2.20. The number of ether oxygens (including phenoxy) is 1. The Kier molecular flexibility index (Phi) is 6.41. The average molecular weight is 274 g/mol. The fourth-order valence-electron chi connectivity index (χ4n) is 1.27. The largest absolute Gasteiger partial charge is 0.488 e. The minimum absolute atomic E-state index is 0.441. The van der Waals surface area contributed by atoms with E-state index in [0.717, 1.165) is 25.1 Å². The van der Waals surface area contributed by atoms with Crippen LogP contribution in [0.3, 0.4) is 0 Å². The molecule has 1 rings (SSSR count). The van der Waals surface area contributed by atoms with Crippen LogP contribution in [0.1, 0.15) is 13.3 Å². The summed E-state index contributed by atoms with van der Waals surface area (Å²) in [6.45, 7) is 8.23. The molecule has 1 aromatic carbocycles. The second-order valence-corrected chi connectivity index (χ2v) is 4.55. The Morgan fingerprint density at radius 3 is 2.88 bits per heavy atom. The van der Waals surface area contributed by atoms with Gasteiger partial charge in [0.2, 0.25) is 0 Å². The van der Waals surface area contributed by atoms with E-state index in [0.29, 0.717) is 22.4 Å². The van der Waals surface area contributed by atoms with Crippen molar-refractivity contribution in [3.05, 3.63) is 40.4 Å². The van der Waals surface area contributed by atoms with Crippen LogP contribution < -0.4 is 10.1 Å². The summed E-state index contributed by atoms with van der Waals surface area (Å²) in [4.78, 5) is 0. The Labute approximate surface area is 113 Å². The second-order valence-electron chi connectivity index (χ2n) is 3.77. The van der Waals surface area contributed by atoms with Gasteiger partial charge >= 0.3 is 0 Å². The zero-order valence-corrected chi connectivity index (χ0v) is 11.4. The molecule has 0 fully saturated rings. The summed E-state index contributed by atoms with van der Waals surface area (Å²) >= 11 is 11.9. The van der Waals surface area contributed by atoms with Crippen LogP contribution in [-0.2, 0) is 0 Å². The number of rotatable bonds is 7. The van der Waals surface area contributed by atoms with E-state index in [9.17, 15) is 0 Å². The van der Waals surface area contributed by atoms with Gasteiger partial charge in [-0.15, -0.1) is 0 Å². The van der Waals surface area contributed by atoms with Gasteiger partial charge in [-0.1, -0.05) is 42.8 Å². The summed E-state index contributed by atoms with van der Waals surface area (Å²) in [5, 5.41) is 4.21. The highest BCUT2D eigenvalue weighted by molar-refractivity contribution is 6.42. The van der Waals surface area contributed by atoms with E-state index in [2.05, 4.69) is 18.8 Å². The topological polar surface area (TPSA) is 21.3 Å². The van der Waals surface area contributed by atoms with Crippen molar-refractivity contribution in [1.29, 1.82) is 0 Å². The van der Waals surface area contributed by atoms with Crippen LogP contribution in [0.5, 0.6) is 5.75 Å². The zero-order valence-electron chi connectivity index (χ0n) is 9.93. The molecule has 0 aromatic heterocycles. The van der Waals surface area contributed by atoms with Gasteiger partial charge in [0.1, 0.15) is 17.4 Å². The molecule has 1 N–H and O–H groups in total. The minimum atomic E-state index is 0.441. The molecule has 2 nitrogen and oxygen atoms in total. The molecule has 94 valence electrons. The van der Waals surface area contributed by atoms with Gasteiger partial charge in [-0.2, -0.15) is 0 Å². The van der Waals surface area contributed by atoms with Crippen LogP contribution in [0.2, 0.25) is 10.0 Å². The quantitative estimate of drug-likeness (QED) is 0.601. The second kappa shape index (κ2) is 7.59. The first kappa shape index (κ1) is 14.4. The number of benzene rings is 1. The lowest BCUT2D eigenvalue weighted by Gasteiger charge is -2.11. The monoisotopic (exact) mass is 273 g/mol. The van der Waals surface area contributed by atoms with Crippen molar-refractivity contribution in [1.82, 2.24) is 5.32 Å². The van der Waals surface area contributed by atoms with Crippen molar-refractivity contribution >= 4 is 23.2 Å². The normalized spacial score (nSPS) is 10.3. The standard InChI is InChI=1S/C13H17Cl2NO/c1-3-7-16-8-10(2)9-17-12-6-4-5-11(14)13(12)15/h4-6,16H,2-3,7-9H2,1H3. The average Bonchev–Trinajstić information content (AvgIpc) is 2.31. The molecular weight excluding hydrogens is 257 g/mol. The molecule has 0 unspecified atom stereocenters. The summed E-state index contributed by atoms with van der Waals surface area (Å²) in [7, 11) is 0. The van der Waals surface area contributed by atoms with E-state index in [1.54, 1.807) is 12.1 Å². The molecule has 0 aliphatic heterocycles. The molecule has 17 heavy (non-hydrogen) atoms. The first-order chi connectivity index (χ1) is 8.15. The summed E-state index contributed by atoms with van der Waals surface area (Å²) in [5.41, 5.74) is 0.981. The van der Waals surface area contributed by atoms with Gasteiger partial charge in [0.25, 0.3) is 0 Å². The van der Waals surface area contributed by atoms with Gasteiger partial charge in [-0.05, 0) is 30.7 Å². The van der Waals surface area contributed by atoms with Crippen LogP contribution in [-0.4, -0.2) is 19.7 Å². The van der Waals surface area contributed by atoms with Gasteiger partial charge in [0, 0.05) is 6.54 Å². The van der Waals surface area contributed by atoms with Gasteiger partial charge in [-0.3, -0.25) is 0 Å². The zero-order chi connectivity index (χ0) is 12.7. The van der Waals surface area contributed by atoms with E-state index in [4.69, 9.17) is 27.9 Å². The first-order valence-electron chi connectivity index (χ1n) is 5.59. The van der Waals surface area contributed by atoms with E-state index in [-0.39, 0.29) is 0 Å². The maximum Gasteiger partial charge on any atom is 0.139 e. The maximum atomic E-state index is 6.00. The van der Waals surface area contributed by atoms with Crippen molar-refractivity contribution in [2.24, 2.45) is 0 Å². The molecule has 0 bridgehead atoms. The molecule has 0 spiro atoms. The highest BCUT2D eigenvalue weighted by atomic mass is 35.5. The van der Waals surface area contributed by atoms with Crippen LogP contribution in [0.25, 0.3) is 0 Å². The fraction of sp³-hybridized carbons (Fsp3) is 0.385. The van der Waals surface area contributed by atoms with E-state index < -0.39 is 0 Å². The summed E-state index contributed by atoms with van der Waals surface area (Å²) in [6.07, 6.45) is 1.11. The van der Waals surface area contributed by atoms with Crippen molar-refractivity contribution in [2.75, 3.05) is 19.7 Å². The summed E-state index contributed by atoms with van der Waals surface area (Å²) < 4.78 is 5.55. The maximum absolute atomic E-state index is 6.00. The third-order valence-electron chi connectivity index (χ3n) is 2.15. The van der Waals surface area contributed by atoms with Gasteiger partial charge in [-0.25, -0.2) is 0 Å². The number of nitrogens with one attached hydrogen (secondary N) is 1. The Hall–Kier alpha value is -0.700. The predicted molar refractivity (Wildman–Crippen MR) is 74.3 cm³/mol. The molecule has 4 heteroatoms. The van der Waals surface area contributed by atoms with Crippen LogP contribution >= 0.6 is 23.2 Å². The van der Waals surface area contributed by atoms with Crippen LogP contribution in [0.15, 0.2) is 30.4 Å². The number of hydrogen-bond acceptors (Lipinski definition) is 2. The van der Waals surface area contributed by atoms with E-state index in [1.807, 2.05) is 6.07 Å². The fourth-order valence-corrected chi connectivity index (χ4v) is 1.61. The Balaban J connectivity index is 2.39. The predicted octanol–water partition coefficient (Wildman–Crippen LogP) is 3.93. The van der Waals surface area contributed by atoms with E-state index >= 15 is 0 Å². The number of hydrogen-bond donors (Lipinski definition) is 1. The Morgan fingerprint density at radius 2 is 2.18 bits per heavy atom. The molecule has 1 aromatic rings. The van der Waals surface area contributed by atoms with Crippen LogP contribution in [0, 0.1) is 0 Å². The molecule has 0 aliphatic rings. The SMILES string of the molecule is C=C(CNCCC)COc1cccc(Cl)c1Cl. The first-order valence-corrected chi connectivity index (χ1v) is 6.35. The summed E-state index contributed by atoms with van der Waals surface area (Å²) in [6, 6.07) is 5.33. The highest BCUT2D eigenvalue weighted by Crippen LogP contribution is 2.31. The molecular formula is C13H17Cl2NO. The summed E-state index contributed by atoms with van der Waals surface area (Å²) in [5.74, 6) is 0.593. The molecule has 0 aliphatic carbocycles. The molecule has 0 heterocycles. The molecule has 0 atom stereocenters. The van der Waals surface area contributed by atoms with Crippen molar-refractivity contribution in [2.45, 2.75) is 13.3 Å². The molecule has 0 saturated carbocycles. The van der Waals surface area contributed by atoms with Crippen molar-refractivity contribution in [3.8, 4) is 5.75 Å². The van der Waals surface area contributed by atoms with Gasteiger partial charge < -0.3 is 10.1 Å². The molecule has 0 radical (unpaired) electrons.